The first-order valence-corrected chi connectivity index (χ1v) is 8.86. The van der Waals surface area contributed by atoms with Gasteiger partial charge in [0.2, 0.25) is 6.79 Å². The number of likely N-dealkylation sites (tertiary alicyclic amines) is 1. The summed E-state index contributed by atoms with van der Waals surface area (Å²) in [6.45, 7) is 1.21. The molecule has 27 heavy (non-hydrogen) atoms. The SMILES string of the molecule is O=C(NC1CCN(C(=O)c2ccc3c(c2)OCO3)CC1)c1ccccc1F. The van der Waals surface area contributed by atoms with Crippen LogP contribution < -0.4 is 14.8 Å². The molecule has 2 amide bonds. The molecule has 0 bridgehead atoms. The highest BCUT2D eigenvalue weighted by Gasteiger charge is 2.26. The Kier molecular flexibility index (Phi) is 4.66. The first kappa shape index (κ1) is 17.3. The number of halogens is 1. The molecule has 0 unspecified atom stereocenters. The molecule has 1 N–H and O–H groups in total. The van der Waals surface area contributed by atoms with Crippen molar-refractivity contribution in [2.24, 2.45) is 0 Å². The summed E-state index contributed by atoms with van der Waals surface area (Å²) in [5.74, 6) is 0.181. The van der Waals surface area contributed by atoms with Crippen molar-refractivity contribution in [2.75, 3.05) is 19.9 Å². The third-order valence-electron chi connectivity index (χ3n) is 4.86. The van der Waals surface area contributed by atoms with E-state index in [1.807, 2.05) is 0 Å². The zero-order valence-corrected chi connectivity index (χ0v) is 14.6. The van der Waals surface area contributed by atoms with Crippen LogP contribution in [0.5, 0.6) is 11.5 Å². The third-order valence-corrected chi connectivity index (χ3v) is 4.86. The summed E-state index contributed by atoms with van der Waals surface area (Å²) in [5, 5.41) is 2.86. The van der Waals surface area contributed by atoms with Crippen LogP contribution in [0.1, 0.15) is 33.6 Å². The fraction of sp³-hybridized carbons (Fsp3) is 0.300. The minimum atomic E-state index is -0.537. The Morgan fingerprint density at radius 2 is 1.78 bits per heavy atom. The van der Waals surface area contributed by atoms with Crippen LogP contribution >= 0.6 is 0 Å². The molecule has 0 aliphatic carbocycles. The van der Waals surface area contributed by atoms with Crippen LogP contribution in [0, 0.1) is 5.82 Å². The number of carbonyl (C=O) groups is 2. The van der Waals surface area contributed by atoms with E-state index in [9.17, 15) is 14.0 Å². The van der Waals surface area contributed by atoms with Crippen molar-refractivity contribution in [2.45, 2.75) is 18.9 Å². The van der Waals surface area contributed by atoms with Crippen molar-refractivity contribution < 1.29 is 23.5 Å². The Hall–Kier alpha value is -3.09. The van der Waals surface area contributed by atoms with E-state index < -0.39 is 11.7 Å². The number of carbonyl (C=O) groups excluding carboxylic acids is 2. The monoisotopic (exact) mass is 370 g/mol. The normalized spacial score (nSPS) is 16.3. The minimum Gasteiger partial charge on any atom is -0.454 e. The molecule has 140 valence electrons. The quantitative estimate of drug-likeness (QED) is 0.902. The lowest BCUT2D eigenvalue weighted by Gasteiger charge is -2.32. The van der Waals surface area contributed by atoms with Crippen LogP contribution in [-0.2, 0) is 0 Å². The summed E-state index contributed by atoms with van der Waals surface area (Å²) in [4.78, 5) is 26.7. The van der Waals surface area contributed by atoms with Gasteiger partial charge in [-0.05, 0) is 43.2 Å². The maximum Gasteiger partial charge on any atom is 0.254 e. The van der Waals surface area contributed by atoms with Gasteiger partial charge < -0.3 is 19.7 Å². The molecule has 4 rings (SSSR count). The Morgan fingerprint density at radius 3 is 2.56 bits per heavy atom. The van der Waals surface area contributed by atoms with Gasteiger partial charge in [-0.2, -0.15) is 0 Å². The Labute approximate surface area is 155 Å². The fourth-order valence-corrected chi connectivity index (χ4v) is 3.35. The molecule has 1 saturated heterocycles. The van der Waals surface area contributed by atoms with E-state index in [0.29, 0.717) is 43.0 Å². The van der Waals surface area contributed by atoms with Crippen molar-refractivity contribution in [1.82, 2.24) is 10.2 Å². The molecule has 1 fully saturated rings. The lowest BCUT2D eigenvalue weighted by atomic mass is 10.0. The molecule has 2 heterocycles. The second-order valence-corrected chi connectivity index (χ2v) is 6.59. The molecule has 2 aromatic rings. The minimum absolute atomic E-state index is 0.0383. The van der Waals surface area contributed by atoms with Gasteiger partial charge in [-0.15, -0.1) is 0 Å². The number of nitrogens with zero attached hydrogens (tertiary/aromatic N) is 1. The average molecular weight is 370 g/mol. The number of nitrogens with one attached hydrogen (secondary N) is 1. The van der Waals surface area contributed by atoms with Gasteiger partial charge in [-0.25, -0.2) is 4.39 Å². The van der Waals surface area contributed by atoms with Crippen molar-refractivity contribution in [3.05, 3.63) is 59.4 Å². The van der Waals surface area contributed by atoms with E-state index >= 15 is 0 Å². The lowest BCUT2D eigenvalue weighted by Crippen LogP contribution is -2.46. The number of fused-ring (bicyclic) bond motifs is 1. The van der Waals surface area contributed by atoms with Crippen LogP contribution in [0.25, 0.3) is 0 Å². The van der Waals surface area contributed by atoms with Crippen LogP contribution in [0.2, 0.25) is 0 Å². The fourth-order valence-electron chi connectivity index (χ4n) is 3.35. The lowest BCUT2D eigenvalue weighted by molar-refractivity contribution is 0.0697. The van der Waals surface area contributed by atoms with Crippen LogP contribution in [0.15, 0.2) is 42.5 Å². The average Bonchev–Trinajstić information content (AvgIpc) is 3.16. The second-order valence-electron chi connectivity index (χ2n) is 6.59. The van der Waals surface area contributed by atoms with Gasteiger partial charge in [0, 0.05) is 24.7 Å². The molecular weight excluding hydrogens is 351 g/mol. The number of rotatable bonds is 3. The highest BCUT2D eigenvalue weighted by atomic mass is 19.1. The van der Waals surface area contributed by atoms with Gasteiger partial charge in [-0.1, -0.05) is 12.1 Å². The van der Waals surface area contributed by atoms with E-state index in [0.717, 1.165) is 0 Å². The van der Waals surface area contributed by atoms with Gasteiger partial charge in [0.1, 0.15) is 5.82 Å². The van der Waals surface area contributed by atoms with Crippen LogP contribution in [-0.4, -0.2) is 42.6 Å². The van der Waals surface area contributed by atoms with Crippen molar-refractivity contribution in [3.63, 3.8) is 0 Å². The Morgan fingerprint density at radius 1 is 1.04 bits per heavy atom. The number of piperidine rings is 1. The first-order chi connectivity index (χ1) is 13.1. The summed E-state index contributed by atoms with van der Waals surface area (Å²) in [5.41, 5.74) is 0.587. The number of ether oxygens (including phenoxy) is 2. The maximum atomic E-state index is 13.7. The van der Waals surface area contributed by atoms with Crippen molar-refractivity contribution >= 4 is 11.8 Å². The highest BCUT2D eigenvalue weighted by molar-refractivity contribution is 5.95. The summed E-state index contributed by atoms with van der Waals surface area (Å²) in [6, 6.07) is 11.0. The standard InChI is InChI=1S/C20H19FN2O4/c21-16-4-2-1-3-15(16)19(24)22-14-7-9-23(10-8-14)20(25)13-5-6-17-18(11-13)27-12-26-17/h1-6,11,14H,7-10,12H2,(H,22,24). The van der Waals surface area contributed by atoms with Crippen LogP contribution in [0.4, 0.5) is 4.39 Å². The molecule has 0 radical (unpaired) electrons. The maximum absolute atomic E-state index is 13.7. The van der Waals surface area contributed by atoms with Gasteiger partial charge in [0.05, 0.1) is 5.56 Å². The number of benzene rings is 2. The van der Waals surface area contributed by atoms with Crippen LogP contribution in [0.3, 0.4) is 0 Å². The topological polar surface area (TPSA) is 67.9 Å². The Bertz CT molecular complexity index is 878. The number of amides is 2. The summed E-state index contributed by atoms with van der Waals surface area (Å²) in [7, 11) is 0. The molecule has 7 heteroatoms. The summed E-state index contributed by atoms with van der Waals surface area (Å²) < 4.78 is 24.3. The molecule has 0 spiro atoms. The molecule has 2 aromatic carbocycles. The molecule has 2 aliphatic heterocycles. The zero-order valence-electron chi connectivity index (χ0n) is 14.6. The third kappa shape index (κ3) is 3.58. The highest BCUT2D eigenvalue weighted by Crippen LogP contribution is 2.33. The Balaban J connectivity index is 1.34. The second kappa shape index (κ2) is 7.26. The smallest absolute Gasteiger partial charge is 0.254 e. The van der Waals surface area contributed by atoms with Gasteiger partial charge in [-0.3, -0.25) is 9.59 Å². The van der Waals surface area contributed by atoms with E-state index in [2.05, 4.69) is 5.32 Å². The van der Waals surface area contributed by atoms with E-state index in [1.54, 1.807) is 35.2 Å². The van der Waals surface area contributed by atoms with Gasteiger partial charge in [0.15, 0.2) is 11.5 Å². The van der Waals surface area contributed by atoms with Crippen molar-refractivity contribution in [1.29, 1.82) is 0 Å². The van der Waals surface area contributed by atoms with E-state index in [1.165, 1.54) is 12.1 Å². The predicted molar refractivity (Wildman–Crippen MR) is 95.4 cm³/mol. The first-order valence-electron chi connectivity index (χ1n) is 8.86. The zero-order chi connectivity index (χ0) is 18.8. The molecule has 0 saturated carbocycles. The van der Waals surface area contributed by atoms with Gasteiger partial charge in [0.25, 0.3) is 11.8 Å². The predicted octanol–water partition coefficient (Wildman–Crippen LogP) is 2.59. The summed E-state index contributed by atoms with van der Waals surface area (Å²) in [6.07, 6.45) is 1.24. The molecule has 2 aliphatic rings. The van der Waals surface area contributed by atoms with E-state index in [-0.39, 0.29) is 24.3 Å². The molecule has 0 atom stereocenters. The number of hydrogen-bond donors (Lipinski definition) is 1. The van der Waals surface area contributed by atoms with Crippen molar-refractivity contribution in [3.8, 4) is 11.5 Å². The molecule has 6 nitrogen and oxygen atoms in total. The number of hydrogen-bond acceptors (Lipinski definition) is 4. The molecule has 0 aromatic heterocycles. The largest absolute Gasteiger partial charge is 0.454 e. The van der Waals surface area contributed by atoms with E-state index in [4.69, 9.17) is 9.47 Å². The molecular formula is C20H19FN2O4. The summed E-state index contributed by atoms with van der Waals surface area (Å²) >= 11 is 0. The van der Waals surface area contributed by atoms with Gasteiger partial charge >= 0.3 is 0 Å².